The van der Waals surface area contributed by atoms with E-state index < -0.39 is 16.3 Å². The van der Waals surface area contributed by atoms with E-state index in [-0.39, 0.29) is 0 Å². The molecule has 6 heteroatoms. The minimum atomic E-state index is -3.41. The van der Waals surface area contributed by atoms with Crippen LogP contribution in [0, 0.1) is 11.3 Å². The van der Waals surface area contributed by atoms with E-state index in [9.17, 15) is 8.42 Å². The molecule has 1 fully saturated rings. The van der Waals surface area contributed by atoms with E-state index in [1.807, 2.05) is 6.07 Å². The van der Waals surface area contributed by atoms with Gasteiger partial charge in [0.1, 0.15) is 6.04 Å². The zero-order valence-corrected chi connectivity index (χ0v) is 8.34. The van der Waals surface area contributed by atoms with Crippen LogP contribution in [0.1, 0.15) is 19.8 Å². The second kappa shape index (κ2) is 4.05. The smallest absolute Gasteiger partial charge is 0.197 e. The normalized spacial score (nSPS) is 21.2. The molecule has 1 aliphatic heterocycles. The van der Waals surface area contributed by atoms with E-state index in [0.717, 1.165) is 12.8 Å². The van der Waals surface area contributed by atoms with Gasteiger partial charge in [0, 0.05) is 13.1 Å². The standard InChI is InChI=1S/C7H13N3O2S/c1-7(6-8)9-13(11,12)10-4-2-3-5-10/h7,9H,2-5H2,1H3. The molecule has 1 heterocycles. The van der Waals surface area contributed by atoms with E-state index >= 15 is 0 Å². The fourth-order valence-corrected chi connectivity index (χ4v) is 2.64. The van der Waals surface area contributed by atoms with Crippen molar-refractivity contribution >= 4 is 10.2 Å². The Labute approximate surface area is 78.5 Å². The molecule has 1 unspecified atom stereocenters. The van der Waals surface area contributed by atoms with Crippen LogP contribution in [0.5, 0.6) is 0 Å². The third-order valence-corrected chi connectivity index (χ3v) is 3.62. The van der Waals surface area contributed by atoms with Crippen molar-refractivity contribution in [3.8, 4) is 6.07 Å². The second-order valence-corrected chi connectivity index (χ2v) is 4.78. The molecule has 0 bridgehead atoms. The average Bonchev–Trinajstić information content (AvgIpc) is 2.55. The summed E-state index contributed by atoms with van der Waals surface area (Å²) >= 11 is 0. The van der Waals surface area contributed by atoms with E-state index in [2.05, 4.69) is 4.72 Å². The molecular formula is C7H13N3O2S. The Kier molecular flexibility index (Phi) is 3.25. The molecule has 0 amide bonds. The van der Waals surface area contributed by atoms with E-state index in [1.165, 1.54) is 11.2 Å². The van der Waals surface area contributed by atoms with Gasteiger partial charge >= 0.3 is 0 Å². The molecule has 0 spiro atoms. The maximum absolute atomic E-state index is 11.5. The molecule has 1 rings (SSSR count). The molecule has 13 heavy (non-hydrogen) atoms. The summed E-state index contributed by atoms with van der Waals surface area (Å²) in [5, 5.41) is 8.45. The molecule has 0 saturated carbocycles. The Morgan fingerprint density at radius 3 is 2.46 bits per heavy atom. The zero-order chi connectivity index (χ0) is 9.90. The lowest BCUT2D eigenvalue weighted by molar-refractivity contribution is 0.462. The molecule has 1 atom stereocenters. The van der Waals surface area contributed by atoms with E-state index in [4.69, 9.17) is 5.26 Å². The van der Waals surface area contributed by atoms with Crippen molar-refractivity contribution < 1.29 is 8.42 Å². The number of nitriles is 1. The van der Waals surface area contributed by atoms with Crippen LogP contribution in [-0.2, 0) is 10.2 Å². The fraction of sp³-hybridized carbons (Fsp3) is 0.857. The Morgan fingerprint density at radius 2 is 2.00 bits per heavy atom. The maximum atomic E-state index is 11.5. The fourth-order valence-electron chi connectivity index (χ4n) is 1.25. The van der Waals surface area contributed by atoms with Gasteiger partial charge in [-0.1, -0.05) is 0 Å². The maximum Gasteiger partial charge on any atom is 0.280 e. The van der Waals surface area contributed by atoms with Gasteiger partial charge in [0.15, 0.2) is 0 Å². The predicted octanol–water partition coefficient (Wildman–Crippen LogP) is -0.171. The monoisotopic (exact) mass is 203 g/mol. The highest BCUT2D eigenvalue weighted by atomic mass is 32.2. The van der Waals surface area contributed by atoms with Crippen molar-refractivity contribution in [1.29, 1.82) is 5.26 Å². The van der Waals surface area contributed by atoms with Crippen molar-refractivity contribution in [2.75, 3.05) is 13.1 Å². The van der Waals surface area contributed by atoms with Crippen LogP contribution in [0.4, 0.5) is 0 Å². The minimum absolute atomic E-state index is 0.563. The number of nitrogens with zero attached hydrogens (tertiary/aromatic N) is 2. The van der Waals surface area contributed by atoms with Crippen molar-refractivity contribution in [1.82, 2.24) is 9.03 Å². The molecule has 74 valence electrons. The Hall–Kier alpha value is -0.640. The first-order valence-corrected chi connectivity index (χ1v) is 5.67. The van der Waals surface area contributed by atoms with Gasteiger partial charge in [-0.05, 0) is 19.8 Å². The summed E-state index contributed by atoms with van der Waals surface area (Å²) in [7, 11) is -3.41. The van der Waals surface area contributed by atoms with Crippen molar-refractivity contribution in [3.05, 3.63) is 0 Å². The molecule has 0 aliphatic carbocycles. The Balaban J connectivity index is 2.61. The van der Waals surface area contributed by atoms with Crippen molar-refractivity contribution in [2.24, 2.45) is 0 Å². The highest BCUT2D eigenvalue weighted by molar-refractivity contribution is 7.87. The molecular weight excluding hydrogens is 190 g/mol. The van der Waals surface area contributed by atoms with Gasteiger partial charge in [-0.2, -0.15) is 22.7 Å². The average molecular weight is 203 g/mol. The molecule has 0 aromatic heterocycles. The third-order valence-electron chi connectivity index (χ3n) is 1.92. The number of nitrogens with one attached hydrogen (secondary N) is 1. The van der Waals surface area contributed by atoms with Gasteiger partial charge in [0.05, 0.1) is 6.07 Å². The summed E-state index contributed by atoms with van der Waals surface area (Å²) in [5.41, 5.74) is 0. The van der Waals surface area contributed by atoms with Crippen LogP contribution in [0.3, 0.4) is 0 Å². The van der Waals surface area contributed by atoms with Crippen LogP contribution >= 0.6 is 0 Å². The quantitative estimate of drug-likeness (QED) is 0.692. The minimum Gasteiger partial charge on any atom is -0.197 e. The lowest BCUT2D eigenvalue weighted by atomic mass is 10.4. The summed E-state index contributed by atoms with van der Waals surface area (Å²) in [5.74, 6) is 0. The summed E-state index contributed by atoms with van der Waals surface area (Å²) in [6, 6.07) is 1.17. The van der Waals surface area contributed by atoms with Crippen LogP contribution in [0.2, 0.25) is 0 Å². The molecule has 5 nitrogen and oxygen atoms in total. The summed E-state index contributed by atoms with van der Waals surface area (Å²) < 4.78 is 26.6. The van der Waals surface area contributed by atoms with Gasteiger partial charge in [-0.15, -0.1) is 0 Å². The van der Waals surface area contributed by atoms with Crippen molar-refractivity contribution in [3.63, 3.8) is 0 Å². The topological polar surface area (TPSA) is 73.2 Å². The first kappa shape index (κ1) is 10.4. The largest absolute Gasteiger partial charge is 0.280 e. The van der Waals surface area contributed by atoms with Crippen LogP contribution < -0.4 is 4.72 Å². The summed E-state index contributed by atoms with van der Waals surface area (Å²) in [6.07, 6.45) is 1.81. The number of hydrogen-bond donors (Lipinski definition) is 1. The highest BCUT2D eigenvalue weighted by Gasteiger charge is 2.26. The first-order valence-electron chi connectivity index (χ1n) is 4.23. The predicted molar refractivity (Wildman–Crippen MR) is 47.9 cm³/mol. The van der Waals surface area contributed by atoms with Crippen LogP contribution in [0.25, 0.3) is 0 Å². The lowest BCUT2D eigenvalue weighted by Crippen LogP contribution is -2.42. The third kappa shape index (κ3) is 2.66. The summed E-state index contributed by atoms with van der Waals surface area (Å²) in [6.45, 7) is 2.65. The number of rotatable bonds is 3. The van der Waals surface area contributed by atoms with Gasteiger partial charge in [-0.3, -0.25) is 0 Å². The zero-order valence-electron chi connectivity index (χ0n) is 7.52. The molecule has 0 aromatic rings. The Morgan fingerprint density at radius 1 is 1.46 bits per heavy atom. The molecule has 0 aromatic carbocycles. The highest BCUT2D eigenvalue weighted by Crippen LogP contribution is 2.11. The number of hydrogen-bond acceptors (Lipinski definition) is 3. The van der Waals surface area contributed by atoms with Gasteiger partial charge in [0.2, 0.25) is 0 Å². The van der Waals surface area contributed by atoms with E-state index in [0.29, 0.717) is 13.1 Å². The molecule has 1 aliphatic rings. The molecule has 1 saturated heterocycles. The van der Waals surface area contributed by atoms with Crippen LogP contribution in [-0.4, -0.2) is 31.9 Å². The second-order valence-electron chi connectivity index (χ2n) is 3.08. The van der Waals surface area contributed by atoms with Gasteiger partial charge in [0.25, 0.3) is 10.2 Å². The lowest BCUT2D eigenvalue weighted by Gasteiger charge is -2.16. The first-order chi connectivity index (χ1) is 6.06. The van der Waals surface area contributed by atoms with Gasteiger partial charge < -0.3 is 0 Å². The van der Waals surface area contributed by atoms with E-state index in [1.54, 1.807) is 0 Å². The van der Waals surface area contributed by atoms with Crippen LogP contribution in [0.15, 0.2) is 0 Å². The molecule has 1 N–H and O–H groups in total. The Bertz CT molecular complexity index is 300. The molecule has 0 radical (unpaired) electrons. The van der Waals surface area contributed by atoms with Gasteiger partial charge in [-0.25, -0.2) is 0 Å². The van der Waals surface area contributed by atoms with Crippen molar-refractivity contribution in [2.45, 2.75) is 25.8 Å². The summed E-state index contributed by atoms with van der Waals surface area (Å²) in [4.78, 5) is 0. The SMILES string of the molecule is CC(C#N)NS(=O)(=O)N1CCCC1.